The van der Waals surface area contributed by atoms with Crippen molar-refractivity contribution in [2.24, 2.45) is 16.5 Å². The molecule has 9 heteroatoms. The summed E-state index contributed by atoms with van der Waals surface area (Å²) >= 11 is 0. The Balaban J connectivity index is 0.000000494. The molecule has 0 radical (unpaired) electrons. The van der Waals surface area contributed by atoms with E-state index in [-0.39, 0.29) is 5.96 Å². The van der Waals surface area contributed by atoms with Crippen molar-refractivity contribution < 1.29 is 22.3 Å². The molecule has 0 fully saturated rings. The maximum atomic E-state index is 8.74. The molecule has 0 heterocycles. The average Bonchev–Trinajstić information content (AvgIpc) is 2.25. The molecule has 6 N–H and O–H groups in total. The topological polar surface area (TPSA) is 148 Å². The zero-order valence-electron chi connectivity index (χ0n) is 9.65. The SMILES string of the molecule is COc1ccc(CN=C(N)N)cc1.O=S(=O)(O)O. The maximum absolute atomic E-state index is 8.74. The van der Waals surface area contributed by atoms with Crippen molar-refractivity contribution in [3.63, 3.8) is 0 Å². The number of nitrogens with zero attached hydrogens (tertiary/aromatic N) is 1. The van der Waals surface area contributed by atoms with Gasteiger partial charge in [0.25, 0.3) is 0 Å². The first-order chi connectivity index (χ1) is 8.22. The Kier molecular flexibility index (Phi) is 6.71. The number of benzene rings is 1. The minimum absolute atomic E-state index is 0.107. The zero-order valence-corrected chi connectivity index (χ0v) is 10.5. The van der Waals surface area contributed by atoms with Crippen molar-refractivity contribution in [1.29, 1.82) is 0 Å². The molecule has 0 atom stereocenters. The molecule has 0 amide bonds. The van der Waals surface area contributed by atoms with Gasteiger partial charge in [-0.2, -0.15) is 8.42 Å². The molecule has 8 nitrogen and oxygen atoms in total. The molecule has 0 aliphatic heterocycles. The molecule has 0 aliphatic rings. The number of hydrogen-bond acceptors (Lipinski definition) is 4. The molecule has 0 saturated heterocycles. The molecule has 1 rings (SSSR count). The molecule has 0 aliphatic carbocycles. The highest BCUT2D eigenvalue weighted by Gasteiger charge is 1.92. The van der Waals surface area contributed by atoms with E-state index in [1.807, 2.05) is 24.3 Å². The van der Waals surface area contributed by atoms with Crippen LogP contribution in [0.25, 0.3) is 0 Å². The lowest BCUT2D eigenvalue weighted by atomic mass is 10.2. The lowest BCUT2D eigenvalue weighted by molar-refractivity contribution is 0.381. The molecule has 18 heavy (non-hydrogen) atoms. The molecule has 0 spiro atoms. The van der Waals surface area contributed by atoms with Crippen molar-refractivity contribution in [2.45, 2.75) is 6.54 Å². The van der Waals surface area contributed by atoms with E-state index >= 15 is 0 Å². The molecule has 0 saturated carbocycles. The fourth-order valence-corrected chi connectivity index (χ4v) is 0.914. The van der Waals surface area contributed by atoms with E-state index in [4.69, 9.17) is 33.7 Å². The van der Waals surface area contributed by atoms with Crippen LogP contribution in [0.2, 0.25) is 0 Å². The summed E-state index contributed by atoms with van der Waals surface area (Å²) in [6.07, 6.45) is 0. The third-order valence-electron chi connectivity index (χ3n) is 1.60. The first kappa shape index (κ1) is 16.2. The number of nitrogens with two attached hydrogens (primary N) is 2. The van der Waals surface area contributed by atoms with Gasteiger partial charge in [0, 0.05) is 0 Å². The second kappa shape index (κ2) is 7.48. The van der Waals surface area contributed by atoms with Gasteiger partial charge < -0.3 is 16.2 Å². The van der Waals surface area contributed by atoms with Gasteiger partial charge in [0.1, 0.15) is 5.75 Å². The van der Waals surface area contributed by atoms with Gasteiger partial charge in [0.2, 0.25) is 0 Å². The molecular weight excluding hydrogens is 262 g/mol. The Morgan fingerprint density at radius 1 is 1.28 bits per heavy atom. The van der Waals surface area contributed by atoms with Gasteiger partial charge in [-0.15, -0.1) is 0 Å². The van der Waals surface area contributed by atoms with E-state index in [0.717, 1.165) is 11.3 Å². The summed E-state index contributed by atoms with van der Waals surface area (Å²) in [5, 5.41) is 0. The fraction of sp³-hybridized carbons (Fsp3) is 0.222. The number of guanidine groups is 1. The second-order valence-corrected chi connectivity index (χ2v) is 3.93. The lowest BCUT2D eigenvalue weighted by Crippen LogP contribution is -2.22. The Hall–Kier alpha value is -1.84. The average molecular weight is 277 g/mol. The fourth-order valence-electron chi connectivity index (χ4n) is 0.914. The van der Waals surface area contributed by atoms with Crippen molar-refractivity contribution in [3.05, 3.63) is 29.8 Å². The van der Waals surface area contributed by atoms with E-state index in [1.54, 1.807) is 7.11 Å². The Bertz CT molecular complexity index is 471. The third kappa shape index (κ3) is 10.7. The van der Waals surface area contributed by atoms with Crippen LogP contribution in [0.1, 0.15) is 5.56 Å². The first-order valence-corrected chi connectivity index (χ1v) is 6.00. The zero-order chi connectivity index (χ0) is 14.2. The van der Waals surface area contributed by atoms with Crippen LogP contribution in [0.15, 0.2) is 29.3 Å². The molecule has 1 aromatic carbocycles. The Labute approximate surface area is 105 Å². The van der Waals surface area contributed by atoms with Crippen LogP contribution in [-0.4, -0.2) is 30.6 Å². The summed E-state index contributed by atoms with van der Waals surface area (Å²) in [5.41, 5.74) is 11.4. The van der Waals surface area contributed by atoms with Crippen LogP contribution < -0.4 is 16.2 Å². The van der Waals surface area contributed by atoms with Gasteiger partial charge in [-0.05, 0) is 17.7 Å². The monoisotopic (exact) mass is 277 g/mol. The molecular formula is C9H15N3O5S. The standard InChI is InChI=1S/C9H13N3O.H2O4S/c1-13-8-4-2-7(3-5-8)6-12-9(10)11;1-5(2,3)4/h2-5H,6H2,1H3,(H4,10,11,12);(H2,1,2,3,4). The largest absolute Gasteiger partial charge is 0.497 e. The molecule has 0 aromatic heterocycles. The van der Waals surface area contributed by atoms with Crippen LogP contribution in [0, 0.1) is 0 Å². The molecule has 102 valence electrons. The van der Waals surface area contributed by atoms with Gasteiger partial charge >= 0.3 is 10.4 Å². The predicted molar refractivity (Wildman–Crippen MR) is 66.7 cm³/mol. The van der Waals surface area contributed by atoms with Crippen molar-refractivity contribution in [3.8, 4) is 5.75 Å². The number of rotatable bonds is 3. The van der Waals surface area contributed by atoms with Crippen LogP contribution in [0.5, 0.6) is 5.75 Å². The van der Waals surface area contributed by atoms with Crippen LogP contribution in [0.4, 0.5) is 0 Å². The van der Waals surface area contributed by atoms with Gasteiger partial charge in [0.05, 0.1) is 13.7 Å². The number of methoxy groups -OCH3 is 1. The van der Waals surface area contributed by atoms with E-state index in [1.165, 1.54) is 0 Å². The van der Waals surface area contributed by atoms with Gasteiger partial charge in [-0.3, -0.25) is 9.11 Å². The van der Waals surface area contributed by atoms with Crippen LogP contribution in [0.3, 0.4) is 0 Å². The smallest absolute Gasteiger partial charge is 0.394 e. The minimum atomic E-state index is -4.67. The Morgan fingerprint density at radius 2 is 1.72 bits per heavy atom. The lowest BCUT2D eigenvalue weighted by Gasteiger charge is -2.00. The van der Waals surface area contributed by atoms with E-state index in [9.17, 15) is 0 Å². The van der Waals surface area contributed by atoms with Crippen LogP contribution in [-0.2, 0) is 16.9 Å². The normalized spacial score (nSPS) is 9.94. The Morgan fingerprint density at radius 3 is 2.06 bits per heavy atom. The summed E-state index contributed by atoms with van der Waals surface area (Å²) in [5.74, 6) is 0.935. The van der Waals surface area contributed by atoms with Crippen LogP contribution >= 0.6 is 0 Å². The number of aliphatic imine (C=N–C) groups is 1. The van der Waals surface area contributed by atoms with Crippen molar-refractivity contribution in [1.82, 2.24) is 0 Å². The van der Waals surface area contributed by atoms with Gasteiger partial charge in [0.15, 0.2) is 5.96 Å². The summed E-state index contributed by atoms with van der Waals surface area (Å²) in [7, 11) is -3.04. The third-order valence-corrected chi connectivity index (χ3v) is 1.60. The highest BCUT2D eigenvalue weighted by Crippen LogP contribution is 2.11. The first-order valence-electron chi connectivity index (χ1n) is 4.60. The predicted octanol–water partition coefficient (Wildman–Crippen LogP) is -0.184. The van der Waals surface area contributed by atoms with Gasteiger partial charge in [-0.1, -0.05) is 12.1 Å². The van der Waals surface area contributed by atoms with E-state index in [2.05, 4.69) is 4.99 Å². The molecule has 0 unspecified atom stereocenters. The number of hydrogen-bond donors (Lipinski definition) is 4. The highest BCUT2D eigenvalue weighted by atomic mass is 32.3. The summed E-state index contributed by atoms with van der Waals surface area (Å²) in [6.45, 7) is 0.506. The van der Waals surface area contributed by atoms with Crippen molar-refractivity contribution in [2.75, 3.05) is 7.11 Å². The molecule has 1 aromatic rings. The minimum Gasteiger partial charge on any atom is -0.497 e. The van der Waals surface area contributed by atoms with Gasteiger partial charge in [-0.25, -0.2) is 4.99 Å². The van der Waals surface area contributed by atoms with E-state index in [0.29, 0.717) is 6.54 Å². The second-order valence-electron chi connectivity index (χ2n) is 3.04. The number of ether oxygens (including phenoxy) is 1. The maximum Gasteiger partial charge on any atom is 0.394 e. The van der Waals surface area contributed by atoms with Crippen molar-refractivity contribution >= 4 is 16.4 Å². The van der Waals surface area contributed by atoms with E-state index < -0.39 is 10.4 Å². The molecule has 0 bridgehead atoms. The quantitative estimate of drug-likeness (QED) is 0.340. The summed E-state index contributed by atoms with van der Waals surface area (Å²) in [4.78, 5) is 3.88. The highest BCUT2D eigenvalue weighted by molar-refractivity contribution is 7.79. The summed E-state index contributed by atoms with van der Waals surface area (Å²) < 4.78 is 36.6. The summed E-state index contributed by atoms with van der Waals surface area (Å²) in [6, 6.07) is 7.59.